The van der Waals surface area contributed by atoms with Gasteiger partial charge in [-0.15, -0.1) is 11.8 Å². The fraction of sp³-hybridized carbons (Fsp3) is 0.571. The molecule has 0 radical (unpaired) electrons. The molecule has 0 spiro atoms. The first-order chi connectivity index (χ1) is 21.7. The number of methoxy groups -OCH3 is 1. The van der Waals surface area contributed by atoms with E-state index in [4.69, 9.17) is 35.7 Å². The zero-order valence-electron chi connectivity index (χ0n) is 28.4. The first kappa shape index (κ1) is 38.2. The molecule has 2 aromatic rings. The SMILES string of the molecule is COCCOCCNC(=O)CCC(C)(C#N)CC(C)(COCc1ccc(B2OC(C)(C)C(C)(C)O2)cc1)SC(=S)c1ccccc1. The van der Waals surface area contributed by atoms with E-state index in [0.29, 0.717) is 52.4 Å². The number of nitrogens with zero attached hydrogens (tertiary/aromatic N) is 1. The molecule has 2 atom stereocenters. The van der Waals surface area contributed by atoms with Gasteiger partial charge in [0.2, 0.25) is 5.91 Å². The molecule has 1 saturated heterocycles. The highest BCUT2D eigenvalue weighted by atomic mass is 32.2. The van der Waals surface area contributed by atoms with E-state index in [1.54, 1.807) is 18.9 Å². The lowest BCUT2D eigenvalue weighted by molar-refractivity contribution is -0.121. The van der Waals surface area contributed by atoms with Gasteiger partial charge in [-0.2, -0.15) is 5.26 Å². The van der Waals surface area contributed by atoms with Crippen LogP contribution in [0.25, 0.3) is 0 Å². The van der Waals surface area contributed by atoms with Crippen LogP contribution in [0.2, 0.25) is 0 Å². The predicted octanol–water partition coefficient (Wildman–Crippen LogP) is 5.85. The number of benzene rings is 2. The molecule has 1 amide bonds. The Morgan fingerprint density at radius 3 is 2.26 bits per heavy atom. The van der Waals surface area contributed by atoms with Gasteiger partial charge in [-0.1, -0.05) is 66.8 Å². The van der Waals surface area contributed by atoms with Crippen LogP contribution in [-0.2, 0) is 34.9 Å². The molecule has 8 nitrogen and oxygen atoms in total. The predicted molar refractivity (Wildman–Crippen MR) is 189 cm³/mol. The smallest absolute Gasteiger partial charge is 0.399 e. The highest BCUT2D eigenvalue weighted by Crippen LogP contribution is 2.42. The van der Waals surface area contributed by atoms with Crippen LogP contribution in [0.4, 0.5) is 0 Å². The third-order valence-electron chi connectivity index (χ3n) is 8.47. The average Bonchev–Trinajstić information content (AvgIpc) is 3.24. The van der Waals surface area contributed by atoms with Crippen molar-refractivity contribution in [3.8, 4) is 6.07 Å². The maximum absolute atomic E-state index is 12.6. The standard InChI is InChI=1S/C35H49BN2O6S2/c1-32(2)33(3,4)44-36(43-32)29-15-13-27(14-16-29)23-42-26-35(6,46-31(45)28-11-9-8-10-12-28)24-34(5,25-37)18-17-30(39)38-19-20-41-22-21-40-7/h8-16H,17-24,26H2,1-7H3,(H,38,39). The lowest BCUT2D eigenvalue weighted by atomic mass is 9.78. The lowest BCUT2D eigenvalue weighted by Crippen LogP contribution is -2.41. The number of hydrogen-bond donors (Lipinski definition) is 1. The Balaban J connectivity index is 1.62. The van der Waals surface area contributed by atoms with Crippen molar-refractivity contribution in [2.75, 3.05) is 40.1 Å². The number of thioether (sulfide) groups is 1. The van der Waals surface area contributed by atoms with Crippen LogP contribution in [0.15, 0.2) is 54.6 Å². The fourth-order valence-corrected chi connectivity index (χ4v) is 7.08. The maximum atomic E-state index is 12.6. The summed E-state index contributed by atoms with van der Waals surface area (Å²) in [6.45, 7) is 14.8. The minimum absolute atomic E-state index is 0.105. The summed E-state index contributed by atoms with van der Waals surface area (Å²) in [6, 6.07) is 20.4. The fourth-order valence-electron chi connectivity index (χ4n) is 5.10. The number of thiocarbonyl (C=S) groups is 1. The van der Waals surface area contributed by atoms with Crippen molar-refractivity contribution in [3.63, 3.8) is 0 Å². The zero-order chi connectivity index (χ0) is 33.8. The molecule has 11 heteroatoms. The van der Waals surface area contributed by atoms with Crippen molar-refractivity contribution in [3.05, 3.63) is 65.7 Å². The average molecular weight is 669 g/mol. The molecular weight excluding hydrogens is 619 g/mol. The molecule has 1 N–H and O–H groups in total. The van der Waals surface area contributed by atoms with E-state index in [0.717, 1.165) is 20.8 Å². The Morgan fingerprint density at radius 1 is 1.00 bits per heavy atom. The van der Waals surface area contributed by atoms with Gasteiger partial charge in [0.05, 0.1) is 59.9 Å². The summed E-state index contributed by atoms with van der Waals surface area (Å²) < 4.78 is 29.3. The first-order valence-corrected chi connectivity index (χ1v) is 17.0. The second-order valence-corrected chi connectivity index (χ2v) is 15.6. The van der Waals surface area contributed by atoms with Gasteiger partial charge in [0.15, 0.2) is 0 Å². The third kappa shape index (κ3) is 11.4. The third-order valence-corrected chi connectivity index (χ3v) is 10.1. The molecule has 0 bridgehead atoms. The van der Waals surface area contributed by atoms with Gasteiger partial charge in [0, 0.05) is 24.8 Å². The molecule has 0 aromatic heterocycles. The Kier molecular flexibility index (Phi) is 14.3. The van der Waals surface area contributed by atoms with Crippen LogP contribution < -0.4 is 10.8 Å². The minimum Gasteiger partial charge on any atom is -0.399 e. The van der Waals surface area contributed by atoms with Gasteiger partial charge < -0.3 is 28.8 Å². The van der Waals surface area contributed by atoms with Gasteiger partial charge in [-0.25, -0.2) is 0 Å². The monoisotopic (exact) mass is 668 g/mol. The van der Waals surface area contributed by atoms with Crippen molar-refractivity contribution in [2.45, 2.75) is 83.4 Å². The number of nitriles is 1. The lowest BCUT2D eigenvalue weighted by Gasteiger charge is -2.35. The minimum atomic E-state index is -0.770. The van der Waals surface area contributed by atoms with E-state index >= 15 is 0 Å². The van der Waals surface area contributed by atoms with E-state index in [1.807, 2.05) is 89.2 Å². The maximum Gasteiger partial charge on any atom is 0.494 e. The Hall–Kier alpha value is -2.30. The van der Waals surface area contributed by atoms with Crippen molar-refractivity contribution in [1.82, 2.24) is 5.32 Å². The van der Waals surface area contributed by atoms with E-state index in [2.05, 4.69) is 18.3 Å². The summed E-state index contributed by atoms with van der Waals surface area (Å²) in [5, 5.41) is 13.2. The van der Waals surface area contributed by atoms with Crippen molar-refractivity contribution in [2.24, 2.45) is 5.41 Å². The van der Waals surface area contributed by atoms with E-state index < -0.39 is 28.5 Å². The van der Waals surface area contributed by atoms with Gasteiger partial charge in [0.25, 0.3) is 0 Å². The molecule has 250 valence electrons. The Labute approximate surface area is 285 Å². The summed E-state index contributed by atoms with van der Waals surface area (Å²) in [7, 11) is 1.20. The van der Waals surface area contributed by atoms with Crippen LogP contribution in [0.3, 0.4) is 0 Å². The van der Waals surface area contributed by atoms with Crippen molar-refractivity contribution in [1.29, 1.82) is 5.26 Å². The molecule has 2 aromatic carbocycles. The van der Waals surface area contributed by atoms with Crippen LogP contribution >= 0.6 is 24.0 Å². The molecule has 0 saturated carbocycles. The molecule has 1 fully saturated rings. The number of amides is 1. The number of ether oxygens (including phenoxy) is 3. The van der Waals surface area contributed by atoms with E-state index in [-0.39, 0.29) is 12.3 Å². The molecule has 2 unspecified atom stereocenters. The zero-order valence-corrected chi connectivity index (χ0v) is 30.0. The first-order valence-electron chi connectivity index (χ1n) is 15.8. The summed E-state index contributed by atoms with van der Waals surface area (Å²) in [4.78, 5) is 12.6. The normalized spacial score (nSPS) is 17.9. The number of hydrogen-bond acceptors (Lipinski definition) is 9. The summed E-state index contributed by atoms with van der Waals surface area (Å²) in [5.74, 6) is -0.105. The van der Waals surface area contributed by atoms with Gasteiger partial charge in [0.1, 0.15) is 0 Å². The quantitative estimate of drug-likeness (QED) is 0.119. The molecule has 46 heavy (non-hydrogen) atoms. The van der Waals surface area contributed by atoms with Gasteiger partial charge in [-0.3, -0.25) is 4.79 Å². The van der Waals surface area contributed by atoms with Crippen LogP contribution in [-0.4, -0.2) is 73.3 Å². The van der Waals surface area contributed by atoms with Crippen LogP contribution in [0, 0.1) is 16.7 Å². The van der Waals surface area contributed by atoms with Crippen molar-refractivity contribution < 1.29 is 28.3 Å². The van der Waals surface area contributed by atoms with E-state index in [9.17, 15) is 10.1 Å². The molecule has 1 heterocycles. The summed E-state index contributed by atoms with van der Waals surface area (Å²) in [5.41, 5.74) is 1.37. The van der Waals surface area contributed by atoms with Crippen molar-refractivity contribution >= 4 is 46.7 Å². The van der Waals surface area contributed by atoms with Gasteiger partial charge >= 0.3 is 7.12 Å². The Morgan fingerprint density at radius 2 is 1.65 bits per heavy atom. The second-order valence-electron chi connectivity index (χ2n) is 13.3. The number of carbonyl (C=O) groups excluding carboxylic acids is 1. The molecular formula is C35H49BN2O6S2. The van der Waals surface area contributed by atoms with Crippen LogP contribution in [0.1, 0.15) is 71.9 Å². The Bertz CT molecular complexity index is 1300. The molecule has 3 rings (SSSR count). The highest BCUT2D eigenvalue weighted by Gasteiger charge is 2.51. The van der Waals surface area contributed by atoms with Crippen LogP contribution in [0.5, 0.6) is 0 Å². The molecule has 0 aliphatic carbocycles. The molecule has 1 aliphatic heterocycles. The highest BCUT2D eigenvalue weighted by molar-refractivity contribution is 8.24. The second kappa shape index (κ2) is 17.2. The number of rotatable bonds is 18. The topological polar surface area (TPSA) is 99.0 Å². The number of carbonyl (C=O) groups is 1. The number of nitrogens with one attached hydrogen (secondary N) is 1. The summed E-state index contributed by atoms with van der Waals surface area (Å²) >= 11 is 7.39. The molecule has 1 aliphatic rings. The largest absolute Gasteiger partial charge is 0.494 e. The van der Waals surface area contributed by atoms with E-state index in [1.165, 1.54) is 0 Å². The summed E-state index contributed by atoms with van der Waals surface area (Å²) in [6.07, 6.45) is 1.14. The van der Waals surface area contributed by atoms with Gasteiger partial charge in [-0.05, 0) is 71.0 Å².